The Balaban J connectivity index is 1.56. The normalized spacial score (nSPS) is 27.7. The molecule has 1 amide bonds. The number of fused-ring (bicyclic) bond motifs is 1. The molecule has 4 rings (SSSR count). The predicted molar refractivity (Wildman–Crippen MR) is 103 cm³/mol. The Morgan fingerprint density at radius 1 is 1.12 bits per heavy atom. The van der Waals surface area contributed by atoms with E-state index in [0.717, 1.165) is 45.4 Å². The van der Waals surface area contributed by atoms with Gasteiger partial charge in [-0.2, -0.15) is 0 Å². The van der Waals surface area contributed by atoms with Crippen molar-refractivity contribution in [3.63, 3.8) is 0 Å². The Labute approximate surface area is 157 Å². The van der Waals surface area contributed by atoms with E-state index < -0.39 is 5.54 Å². The number of carbonyl (C=O) groups is 1. The van der Waals surface area contributed by atoms with Gasteiger partial charge in [0, 0.05) is 25.5 Å². The van der Waals surface area contributed by atoms with Gasteiger partial charge in [-0.05, 0) is 63.7 Å². The van der Waals surface area contributed by atoms with Crippen LogP contribution >= 0.6 is 0 Å². The summed E-state index contributed by atoms with van der Waals surface area (Å²) in [6.07, 6.45) is 7.20. The van der Waals surface area contributed by atoms with E-state index in [4.69, 9.17) is 4.74 Å². The zero-order chi connectivity index (χ0) is 18.2. The summed E-state index contributed by atoms with van der Waals surface area (Å²) in [6, 6.07) is 8.82. The van der Waals surface area contributed by atoms with Crippen LogP contribution in [0.15, 0.2) is 24.3 Å². The summed E-state index contributed by atoms with van der Waals surface area (Å²) >= 11 is 0. The summed E-state index contributed by atoms with van der Waals surface area (Å²) < 4.78 is 5.83. The fourth-order valence-electron chi connectivity index (χ4n) is 5.12. The first kappa shape index (κ1) is 18.0. The smallest absolute Gasteiger partial charge is 0.241 e. The van der Waals surface area contributed by atoms with Crippen LogP contribution in [-0.4, -0.2) is 47.7 Å². The van der Waals surface area contributed by atoms with E-state index in [9.17, 15) is 4.79 Å². The number of ether oxygens (including phenoxy) is 1. The summed E-state index contributed by atoms with van der Waals surface area (Å²) in [7, 11) is 0. The van der Waals surface area contributed by atoms with Crippen LogP contribution in [0, 0.1) is 0 Å². The predicted octanol–water partition coefficient (Wildman–Crippen LogP) is 3.08. The average molecular weight is 357 g/mol. The maximum Gasteiger partial charge on any atom is 0.241 e. The highest BCUT2D eigenvalue weighted by atomic mass is 16.5. The Morgan fingerprint density at radius 2 is 1.77 bits per heavy atom. The number of benzene rings is 1. The van der Waals surface area contributed by atoms with Gasteiger partial charge in [0.1, 0.15) is 5.54 Å². The number of rotatable bonds is 3. The second-order valence-corrected chi connectivity index (χ2v) is 8.97. The van der Waals surface area contributed by atoms with E-state index in [1.165, 1.54) is 30.4 Å². The Bertz CT molecular complexity index is 639. The van der Waals surface area contributed by atoms with Gasteiger partial charge in [0.05, 0.1) is 5.60 Å². The molecule has 1 atom stereocenters. The van der Waals surface area contributed by atoms with Gasteiger partial charge >= 0.3 is 0 Å². The molecule has 142 valence electrons. The number of piperidine rings is 1. The van der Waals surface area contributed by atoms with Crippen molar-refractivity contribution in [3.8, 4) is 0 Å². The standard InChI is InChI=1S/C22H32N2O2/c1-21(2)16-19(10-13-26-21)23-20(25)22(24-11-6-3-7-12-24)14-17-8-4-5-9-18(17)15-22/h4-5,8-9,19H,3,6-7,10-16H2,1-2H3,(H,23,25). The summed E-state index contributed by atoms with van der Waals surface area (Å²) in [4.78, 5) is 16.1. The first-order chi connectivity index (χ1) is 12.5. The van der Waals surface area contributed by atoms with E-state index in [2.05, 4.69) is 48.3 Å². The minimum atomic E-state index is -0.396. The number of nitrogens with one attached hydrogen (secondary N) is 1. The number of carbonyl (C=O) groups excluding carboxylic acids is 1. The van der Waals surface area contributed by atoms with Crippen molar-refractivity contribution >= 4 is 5.91 Å². The zero-order valence-electron chi connectivity index (χ0n) is 16.2. The second kappa shape index (κ2) is 6.97. The van der Waals surface area contributed by atoms with Crippen molar-refractivity contribution in [2.75, 3.05) is 19.7 Å². The molecule has 0 radical (unpaired) electrons. The number of amides is 1. The van der Waals surface area contributed by atoms with Gasteiger partial charge < -0.3 is 10.1 Å². The van der Waals surface area contributed by atoms with Crippen molar-refractivity contribution in [1.82, 2.24) is 10.2 Å². The lowest BCUT2D eigenvalue weighted by Gasteiger charge is -2.44. The van der Waals surface area contributed by atoms with Gasteiger partial charge in [-0.1, -0.05) is 30.7 Å². The van der Waals surface area contributed by atoms with Crippen molar-refractivity contribution < 1.29 is 9.53 Å². The van der Waals surface area contributed by atoms with Crippen molar-refractivity contribution in [3.05, 3.63) is 35.4 Å². The van der Waals surface area contributed by atoms with Crippen LogP contribution in [0.2, 0.25) is 0 Å². The van der Waals surface area contributed by atoms with Gasteiger partial charge in [0.2, 0.25) is 5.91 Å². The van der Waals surface area contributed by atoms with Crippen LogP contribution in [0.3, 0.4) is 0 Å². The number of likely N-dealkylation sites (tertiary alicyclic amines) is 1. The molecule has 1 N–H and O–H groups in total. The number of nitrogens with zero attached hydrogens (tertiary/aromatic N) is 1. The Morgan fingerprint density at radius 3 is 2.38 bits per heavy atom. The lowest BCUT2D eigenvalue weighted by molar-refractivity contribution is -0.137. The molecule has 1 unspecified atom stereocenters. The van der Waals surface area contributed by atoms with Gasteiger partial charge in [-0.25, -0.2) is 0 Å². The lowest BCUT2D eigenvalue weighted by Crippen LogP contribution is -2.63. The molecule has 0 spiro atoms. The summed E-state index contributed by atoms with van der Waals surface area (Å²) in [5.74, 6) is 0.235. The minimum absolute atomic E-state index is 0.146. The quantitative estimate of drug-likeness (QED) is 0.905. The number of hydrogen-bond donors (Lipinski definition) is 1. The SMILES string of the molecule is CC1(C)CC(NC(=O)C2(N3CCCCC3)Cc3ccccc3C2)CCO1. The molecule has 2 saturated heterocycles. The van der Waals surface area contributed by atoms with Crippen LogP contribution in [0.25, 0.3) is 0 Å². The lowest BCUT2D eigenvalue weighted by atomic mass is 9.88. The molecule has 1 aliphatic carbocycles. The van der Waals surface area contributed by atoms with Crippen molar-refractivity contribution in [2.45, 2.75) is 76.0 Å². The fraction of sp³-hybridized carbons (Fsp3) is 0.682. The van der Waals surface area contributed by atoms with E-state index in [1.807, 2.05) is 0 Å². The molecule has 0 saturated carbocycles. The maximum absolute atomic E-state index is 13.6. The monoisotopic (exact) mass is 356 g/mol. The van der Waals surface area contributed by atoms with Crippen LogP contribution in [0.5, 0.6) is 0 Å². The third-order valence-electron chi connectivity index (χ3n) is 6.50. The molecule has 0 bridgehead atoms. The highest BCUT2D eigenvalue weighted by Crippen LogP contribution is 2.37. The van der Waals surface area contributed by atoms with Crippen LogP contribution in [-0.2, 0) is 22.4 Å². The van der Waals surface area contributed by atoms with E-state index >= 15 is 0 Å². The molecule has 26 heavy (non-hydrogen) atoms. The van der Waals surface area contributed by atoms with Crippen LogP contribution in [0.1, 0.15) is 57.1 Å². The molecule has 2 fully saturated rings. The van der Waals surface area contributed by atoms with Crippen molar-refractivity contribution in [1.29, 1.82) is 0 Å². The van der Waals surface area contributed by atoms with E-state index in [1.54, 1.807) is 0 Å². The van der Waals surface area contributed by atoms with E-state index in [0.29, 0.717) is 0 Å². The van der Waals surface area contributed by atoms with Gasteiger partial charge in [-0.15, -0.1) is 0 Å². The third-order valence-corrected chi connectivity index (χ3v) is 6.50. The van der Waals surface area contributed by atoms with Gasteiger partial charge in [0.15, 0.2) is 0 Å². The molecule has 1 aromatic carbocycles. The minimum Gasteiger partial charge on any atom is -0.375 e. The molecular weight excluding hydrogens is 324 g/mol. The van der Waals surface area contributed by atoms with Crippen molar-refractivity contribution in [2.24, 2.45) is 0 Å². The Kier molecular flexibility index (Phi) is 4.83. The van der Waals surface area contributed by atoms with Crippen LogP contribution < -0.4 is 5.32 Å². The first-order valence-corrected chi connectivity index (χ1v) is 10.3. The van der Waals surface area contributed by atoms with E-state index in [-0.39, 0.29) is 17.6 Å². The molecule has 4 heteroatoms. The molecule has 4 nitrogen and oxygen atoms in total. The highest BCUT2D eigenvalue weighted by Gasteiger charge is 2.49. The number of hydrogen-bond acceptors (Lipinski definition) is 3. The highest BCUT2D eigenvalue weighted by molar-refractivity contribution is 5.88. The largest absolute Gasteiger partial charge is 0.375 e. The first-order valence-electron chi connectivity index (χ1n) is 10.3. The van der Waals surface area contributed by atoms with Gasteiger partial charge in [-0.3, -0.25) is 9.69 Å². The third kappa shape index (κ3) is 3.41. The molecule has 2 aliphatic heterocycles. The molecule has 0 aromatic heterocycles. The van der Waals surface area contributed by atoms with Crippen LogP contribution in [0.4, 0.5) is 0 Å². The maximum atomic E-state index is 13.6. The Hall–Kier alpha value is -1.39. The zero-order valence-corrected chi connectivity index (χ0v) is 16.2. The topological polar surface area (TPSA) is 41.6 Å². The molecular formula is C22H32N2O2. The fourth-order valence-corrected chi connectivity index (χ4v) is 5.12. The molecule has 2 heterocycles. The molecule has 3 aliphatic rings. The second-order valence-electron chi connectivity index (χ2n) is 8.97. The summed E-state index contributed by atoms with van der Waals surface area (Å²) in [5.41, 5.74) is 2.15. The summed E-state index contributed by atoms with van der Waals surface area (Å²) in [6.45, 7) is 7.06. The molecule has 1 aromatic rings. The summed E-state index contributed by atoms with van der Waals surface area (Å²) in [5, 5.41) is 3.43. The average Bonchev–Trinajstić information content (AvgIpc) is 3.02. The van der Waals surface area contributed by atoms with Gasteiger partial charge in [0.25, 0.3) is 0 Å².